The van der Waals surface area contributed by atoms with E-state index in [2.05, 4.69) is 0 Å². The number of benzene rings is 1. The lowest BCUT2D eigenvalue weighted by Gasteiger charge is -2.19. The Hall–Kier alpha value is -3.04. The van der Waals surface area contributed by atoms with Crippen molar-refractivity contribution in [2.45, 2.75) is 32.8 Å². The van der Waals surface area contributed by atoms with E-state index in [1.165, 1.54) is 24.3 Å². The molecule has 0 radical (unpaired) electrons. The molecule has 0 spiro atoms. The van der Waals surface area contributed by atoms with E-state index in [0.717, 1.165) is 0 Å². The topological polar surface area (TPSA) is 197 Å². The van der Waals surface area contributed by atoms with E-state index in [0.29, 0.717) is 126 Å². The molecule has 0 saturated carbocycles. The van der Waals surface area contributed by atoms with Crippen molar-refractivity contribution >= 4 is 17.8 Å². The van der Waals surface area contributed by atoms with E-state index in [-0.39, 0.29) is 37.0 Å². The van der Waals surface area contributed by atoms with E-state index >= 15 is 0 Å². The molecule has 0 bridgehead atoms. The highest BCUT2D eigenvalue weighted by Crippen LogP contribution is 2.17. The van der Waals surface area contributed by atoms with Gasteiger partial charge in [0.1, 0.15) is 18.0 Å². The standard InChI is InChI=1S/C34H57NO17/c1-34(2,3)52-32(36)8-9-40-10-11-41-12-13-42-14-15-43-16-17-44-18-19-45-20-21-46-22-23-47-24-25-48-26-27-49-28-29-50-33(37)51-31-6-4-30(5-7-31)35(38)39/h4-7H,8-29H2,1-3H3. The zero-order chi connectivity index (χ0) is 38.0. The van der Waals surface area contributed by atoms with Crippen LogP contribution in [0.15, 0.2) is 24.3 Å². The quantitative estimate of drug-likeness (QED) is 0.0322. The van der Waals surface area contributed by atoms with Crippen LogP contribution >= 0.6 is 0 Å². The fraction of sp³-hybridized carbons (Fsp3) is 0.765. The third-order valence-corrected chi connectivity index (χ3v) is 5.91. The molecule has 18 heteroatoms. The van der Waals surface area contributed by atoms with Crippen molar-refractivity contribution in [1.82, 2.24) is 0 Å². The van der Waals surface area contributed by atoms with Crippen molar-refractivity contribution in [2.24, 2.45) is 0 Å². The Kier molecular flexibility index (Phi) is 29.5. The van der Waals surface area contributed by atoms with Crippen LogP contribution in [0.3, 0.4) is 0 Å². The molecule has 1 aromatic carbocycles. The van der Waals surface area contributed by atoms with Gasteiger partial charge in [0.05, 0.1) is 143 Å². The normalized spacial score (nSPS) is 11.4. The van der Waals surface area contributed by atoms with Gasteiger partial charge in [0.15, 0.2) is 0 Å². The summed E-state index contributed by atoms with van der Waals surface area (Å²) in [6, 6.07) is 5.06. The zero-order valence-electron chi connectivity index (χ0n) is 30.8. The lowest BCUT2D eigenvalue weighted by molar-refractivity contribution is -0.384. The minimum atomic E-state index is -0.931. The van der Waals surface area contributed by atoms with Crippen LogP contribution in [0.25, 0.3) is 0 Å². The molecule has 0 fully saturated rings. The first-order valence-corrected chi connectivity index (χ1v) is 17.3. The summed E-state index contributed by atoms with van der Waals surface area (Å²) in [5.41, 5.74) is -0.594. The molecule has 0 heterocycles. The smallest absolute Gasteiger partial charge is 0.460 e. The van der Waals surface area contributed by atoms with E-state index < -0.39 is 16.7 Å². The Labute approximate surface area is 305 Å². The number of carbonyl (C=O) groups is 2. The number of hydrogen-bond donors (Lipinski definition) is 0. The predicted molar refractivity (Wildman–Crippen MR) is 184 cm³/mol. The third kappa shape index (κ3) is 31.7. The number of esters is 1. The number of nitro benzene ring substituents is 1. The summed E-state index contributed by atoms with van der Waals surface area (Å²) in [4.78, 5) is 33.3. The Balaban J connectivity index is 1.69. The molecule has 0 amide bonds. The van der Waals surface area contributed by atoms with Crippen molar-refractivity contribution in [3.05, 3.63) is 34.4 Å². The number of carbonyl (C=O) groups excluding carboxylic acids is 2. The molecule has 0 aliphatic carbocycles. The second-order valence-electron chi connectivity index (χ2n) is 11.4. The molecule has 0 aromatic heterocycles. The lowest BCUT2D eigenvalue weighted by Crippen LogP contribution is -2.24. The van der Waals surface area contributed by atoms with Gasteiger partial charge in [0, 0.05) is 12.1 Å². The average Bonchev–Trinajstić information content (AvgIpc) is 3.09. The Morgan fingerprint density at radius 1 is 0.519 bits per heavy atom. The first-order valence-electron chi connectivity index (χ1n) is 17.3. The molecule has 1 rings (SSSR count). The van der Waals surface area contributed by atoms with Gasteiger partial charge in [0.25, 0.3) is 5.69 Å². The maximum Gasteiger partial charge on any atom is 0.513 e. The molecule has 0 aliphatic heterocycles. The molecule has 18 nitrogen and oxygen atoms in total. The van der Waals surface area contributed by atoms with Gasteiger partial charge in [0.2, 0.25) is 0 Å². The van der Waals surface area contributed by atoms with Crippen LogP contribution in [0.5, 0.6) is 5.75 Å². The summed E-state index contributed by atoms with van der Waals surface area (Å²) in [6.45, 7) is 13.7. The number of hydrogen-bond acceptors (Lipinski definition) is 17. The van der Waals surface area contributed by atoms with Crippen molar-refractivity contribution in [2.75, 3.05) is 139 Å². The summed E-state index contributed by atoms with van der Waals surface area (Å²) >= 11 is 0. The van der Waals surface area contributed by atoms with Gasteiger partial charge < -0.3 is 61.6 Å². The SMILES string of the molecule is CC(C)(C)OC(=O)CCOCCOCCOCCOCCOCCOCCOCCOCCOCCOCCOC(=O)Oc1ccc([N+](=O)[O-])cc1. The third-order valence-electron chi connectivity index (χ3n) is 5.91. The summed E-state index contributed by atoms with van der Waals surface area (Å²) in [6.07, 6.45) is -0.711. The summed E-state index contributed by atoms with van der Waals surface area (Å²) in [7, 11) is 0. The Bertz CT molecular complexity index is 1020. The average molecular weight is 752 g/mol. The fourth-order valence-electron chi connectivity index (χ4n) is 3.57. The summed E-state index contributed by atoms with van der Waals surface area (Å²) in [5, 5.41) is 10.6. The van der Waals surface area contributed by atoms with Crippen LogP contribution in [0.1, 0.15) is 27.2 Å². The summed E-state index contributed by atoms with van der Waals surface area (Å²) in [5.74, 6) is -0.139. The molecule has 0 saturated heterocycles. The number of nitro groups is 1. The maximum atomic E-state index is 11.6. The minimum Gasteiger partial charge on any atom is -0.460 e. The molecule has 0 aliphatic rings. The van der Waals surface area contributed by atoms with Crippen molar-refractivity contribution < 1.29 is 76.1 Å². The largest absolute Gasteiger partial charge is 0.513 e. The minimum absolute atomic E-state index is 0.0129. The molecule has 300 valence electrons. The van der Waals surface area contributed by atoms with Crippen LogP contribution in [0, 0.1) is 10.1 Å². The van der Waals surface area contributed by atoms with E-state index in [9.17, 15) is 19.7 Å². The zero-order valence-corrected chi connectivity index (χ0v) is 30.8. The highest BCUT2D eigenvalue weighted by Gasteiger charge is 2.15. The highest BCUT2D eigenvalue weighted by molar-refractivity contribution is 5.69. The molecule has 1 aromatic rings. The van der Waals surface area contributed by atoms with Crippen LogP contribution in [-0.4, -0.2) is 161 Å². The van der Waals surface area contributed by atoms with E-state index in [1.54, 1.807) is 0 Å². The lowest BCUT2D eigenvalue weighted by atomic mass is 10.2. The monoisotopic (exact) mass is 751 g/mol. The van der Waals surface area contributed by atoms with Gasteiger partial charge >= 0.3 is 12.1 Å². The summed E-state index contributed by atoms with van der Waals surface area (Å²) < 4.78 is 69.2. The van der Waals surface area contributed by atoms with Crippen LogP contribution in [-0.2, 0) is 61.6 Å². The van der Waals surface area contributed by atoms with Crippen LogP contribution < -0.4 is 4.74 Å². The fourth-order valence-corrected chi connectivity index (χ4v) is 3.57. The van der Waals surface area contributed by atoms with Gasteiger partial charge in [-0.25, -0.2) is 4.79 Å². The second-order valence-corrected chi connectivity index (χ2v) is 11.4. The van der Waals surface area contributed by atoms with Gasteiger partial charge in [-0.2, -0.15) is 0 Å². The van der Waals surface area contributed by atoms with Gasteiger partial charge in [-0.3, -0.25) is 14.9 Å². The van der Waals surface area contributed by atoms with Gasteiger partial charge in [-0.05, 0) is 32.9 Å². The maximum absolute atomic E-state index is 11.6. The Morgan fingerprint density at radius 2 is 0.827 bits per heavy atom. The Morgan fingerprint density at radius 3 is 1.13 bits per heavy atom. The first kappa shape index (κ1) is 47.0. The number of ether oxygens (including phenoxy) is 13. The van der Waals surface area contributed by atoms with Crippen LogP contribution in [0.2, 0.25) is 0 Å². The molecule has 0 unspecified atom stereocenters. The van der Waals surface area contributed by atoms with E-state index in [4.69, 9.17) is 61.6 Å². The number of nitrogens with zero attached hydrogens (tertiary/aromatic N) is 1. The van der Waals surface area contributed by atoms with Gasteiger partial charge in [-0.15, -0.1) is 0 Å². The van der Waals surface area contributed by atoms with Crippen molar-refractivity contribution in [3.8, 4) is 5.75 Å². The van der Waals surface area contributed by atoms with Crippen LogP contribution in [0.4, 0.5) is 10.5 Å². The van der Waals surface area contributed by atoms with E-state index in [1.807, 2.05) is 20.8 Å². The highest BCUT2D eigenvalue weighted by atomic mass is 16.7. The molecular weight excluding hydrogens is 694 g/mol. The van der Waals surface area contributed by atoms with Gasteiger partial charge in [-0.1, -0.05) is 0 Å². The molecule has 0 N–H and O–H groups in total. The number of rotatable bonds is 35. The van der Waals surface area contributed by atoms with Crippen molar-refractivity contribution in [3.63, 3.8) is 0 Å². The first-order chi connectivity index (χ1) is 25.2. The molecule has 0 atom stereocenters. The molecule has 52 heavy (non-hydrogen) atoms. The molecular formula is C34H57NO17. The second kappa shape index (κ2) is 32.6. The van der Waals surface area contributed by atoms with Crippen molar-refractivity contribution in [1.29, 1.82) is 0 Å². The predicted octanol–water partition coefficient (Wildman–Crippen LogP) is 3.01. The number of non-ortho nitro benzene ring substituents is 1.